The van der Waals surface area contributed by atoms with Gasteiger partial charge in [0.2, 0.25) is 0 Å². The summed E-state index contributed by atoms with van der Waals surface area (Å²) in [5.41, 5.74) is 1.44. The van der Waals surface area contributed by atoms with Crippen molar-refractivity contribution in [2.75, 3.05) is 5.32 Å². The van der Waals surface area contributed by atoms with Gasteiger partial charge in [-0.25, -0.2) is 0 Å². The van der Waals surface area contributed by atoms with Crippen LogP contribution in [0, 0.1) is 0 Å². The molecule has 0 spiro atoms. The summed E-state index contributed by atoms with van der Waals surface area (Å²) in [7, 11) is 0. The highest BCUT2D eigenvalue weighted by Crippen LogP contribution is 2.32. The lowest BCUT2D eigenvalue weighted by molar-refractivity contribution is 0.469. The molecule has 0 radical (unpaired) electrons. The summed E-state index contributed by atoms with van der Waals surface area (Å²) in [6, 6.07) is 8.57. The zero-order valence-electron chi connectivity index (χ0n) is 9.55. The molecule has 2 nitrogen and oxygen atoms in total. The summed E-state index contributed by atoms with van der Waals surface area (Å²) in [5.74, 6) is 0.0247. The molecule has 0 aromatic heterocycles. The summed E-state index contributed by atoms with van der Waals surface area (Å²) in [6.07, 6.45) is 0. The van der Waals surface area contributed by atoms with Crippen LogP contribution in [0.4, 0.5) is 5.69 Å². The van der Waals surface area contributed by atoms with E-state index < -0.39 is 0 Å². The van der Waals surface area contributed by atoms with Gasteiger partial charge in [0.15, 0.2) is 0 Å². The van der Waals surface area contributed by atoms with Crippen molar-refractivity contribution in [1.29, 1.82) is 0 Å². The number of hydrogen-bond acceptors (Lipinski definition) is 2. The molecule has 0 bridgehead atoms. The minimum atomic E-state index is 0.0247. The normalized spacial score (nSPS) is 10.5. The molecule has 19 heavy (non-hydrogen) atoms. The topological polar surface area (TPSA) is 32.3 Å². The van der Waals surface area contributed by atoms with Crippen LogP contribution in [-0.2, 0) is 6.54 Å². The third-order valence-electron chi connectivity index (χ3n) is 2.50. The van der Waals surface area contributed by atoms with Gasteiger partial charge in [-0.05, 0) is 46.3 Å². The van der Waals surface area contributed by atoms with E-state index in [1.807, 2.05) is 6.07 Å². The summed E-state index contributed by atoms with van der Waals surface area (Å²) in [5, 5.41) is 14.3. The van der Waals surface area contributed by atoms with E-state index in [9.17, 15) is 5.11 Å². The molecule has 0 saturated heterocycles. The summed E-state index contributed by atoms with van der Waals surface area (Å²) in [4.78, 5) is 0. The lowest BCUT2D eigenvalue weighted by Gasteiger charge is -2.11. The third-order valence-corrected chi connectivity index (χ3v) is 3.94. The average molecular weight is 381 g/mol. The van der Waals surface area contributed by atoms with Gasteiger partial charge >= 0.3 is 0 Å². The lowest BCUT2D eigenvalue weighted by atomic mass is 10.2. The van der Waals surface area contributed by atoms with Crippen molar-refractivity contribution in [3.63, 3.8) is 0 Å². The zero-order chi connectivity index (χ0) is 14.0. The Morgan fingerprint density at radius 2 is 1.79 bits per heavy atom. The molecule has 0 aliphatic carbocycles. The lowest BCUT2D eigenvalue weighted by Crippen LogP contribution is -2.00. The van der Waals surface area contributed by atoms with Gasteiger partial charge in [-0.3, -0.25) is 0 Å². The Morgan fingerprint density at radius 1 is 1.05 bits per heavy atom. The number of phenols is 1. The quantitative estimate of drug-likeness (QED) is 0.712. The number of phenolic OH excluding ortho intramolecular Hbond substituents is 1. The summed E-state index contributed by atoms with van der Waals surface area (Å²) >= 11 is 21.1. The molecule has 0 fully saturated rings. The first-order chi connectivity index (χ1) is 8.97. The summed E-state index contributed by atoms with van der Waals surface area (Å²) in [6.45, 7) is 0.380. The summed E-state index contributed by atoms with van der Waals surface area (Å²) < 4.78 is 0.879. The second-order valence-electron chi connectivity index (χ2n) is 3.87. The predicted molar refractivity (Wildman–Crippen MR) is 84.6 cm³/mol. The maximum Gasteiger partial charge on any atom is 0.139 e. The first-order valence-corrected chi connectivity index (χ1v) is 7.26. The Bertz CT molecular complexity index is 619. The molecule has 0 aliphatic heterocycles. The predicted octanol–water partition coefficient (Wildman–Crippen LogP) is 5.73. The van der Waals surface area contributed by atoms with Gasteiger partial charge in [-0.15, -0.1) is 0 Å². The first kappa shape index (κ1) is 14.8. The van der Waals surface area contributed by atoms with Crippen LogP contribution in [0.25, 0.3) is 0 Å². The fourth-order valence-corrected chi connectivity index (χ4v) is 2.67. The Kier molecular flexibility index (Phi) is 4.85. The molecule has 2 aromatic carbocycles. The number of nitrogens with one attached hydrogen (secondary N) is 1. The fraction of sp³-hybridized carbons (Fsp3) is 0.0769. The van der Waals surface area contributed by atoms with Gasteiger partial charge < -0.3 is 10.4 Å². The monoisotopic (exact) mass is 379 g/mol. The van der Waals surface area contributed by atoms with Gasteiger partial charge in [0.05, 0.1) is 10.7 Å². The molecule has 2 aromatic rings. The molecule has 2 rings (SSSR count). The largest absolute Gasteiger partial charge is 0.506 e. The zero-order valence-corrected chi connectivity index (χ0v) is 13.4. The first-order valence-electron chi connectivity index (χ1n) is 5.33. The molecule has 2 N–H and O–H groups in total. The van der Waals surface area contributed by atoms with E-state index in [1.54, 1.807) is 18.2 Å². The van der Waals surface area contributed by atoms with Gasteiger partial charge in [0.25, 0.3) is 0 Å². The second kappa shape index (κ2) is 6.23. The smallest absolute Gasteiger partial charge is 0.139 e. The highest BCUT2D eigenvalue weighted by atomic mass is 79.9. The third kappa shape index (κ3) is 3.69. The molecule has 0 aliphatic rings. The SMILES string of the molecule is Oc1c(Cl)cc(Cl)cc1CNc1cc(Cl)ccc1Br. The van der Waals surface area contributed by atoms with Gasteiger partial charge in [-0.2, -0.15) is 0 Å². The van der Waals surface area contributed by atoms with E-state index in [2.05, 4.69) is 21.2 Å². The highest BCUT2D eigenvalue weighted by molar-refractivity contribution is 9.10. The van der Waals surface area contributed by atoms with E-state index >= 15 is 0 Å². The van der Waals surface area contributed by atoms with Crippen molar-refractivity contribution in [2.45, 2.75) is 6.54 Å². The van der Waals surface area contributed by atoms with E-state index in [4.69, 9.17) is 34.8 Å². The number of anilines is 1. The second-order valence-corrected chi connectivity index (χ2v) is 6.01. The molecule has 0 heterocycles. The van der Waals surface area contributed by atoms with Crippen LogP contribution in [0.3, 0.4) is 0 Å². The van der Waals surface area contributed by atoms with Crippen LogP contribution in [-0.4, -0.2) is 5.11 Å². The minimum absolute atomic E-state index is 0.0247. The maximum absolute atomic E-state index is 9.86. The van der Waals surface area contributed by atoms with Crippen molar-refractivity contribution >= 4 is 56.4 Å². The van der Waals surface area contributed by atoms with Gasteiger partial charge in [-0.1, -0.05) is 34.8 Å². The van der Waals surface area contributed by atoms with Crippen molar-refractivity contribution in [1.82, 2.24) is 0 Å². The van der Waals surface area contributed by atoms with Crippen LogP contribution in [0.1, 0.15) is 5.56 Å². The van der Waals surface area contributed by atoms with E-state index in [0.29, 0.717) is 22.2 Å². The molecule has 0 atom stereocenters. The van der Waals surface area contributed by atoms with E-state index in [0.717, 1.165) is 10.2 Å². The van der Waals surface area contributed by atoms with Crippen molar-refractivity contribution in [3.05, 3.63) is 55.4 Å². The van der Waals surface area contributed by atoms with Crippen molar-refractivity contribution in [2.24, 2.45) is 0 Å². The Morgan fingerprint density at radius 3 is 2.53 bits per heavy atom. The maximum atomic E-state index is 9.86. The van der Waals surface area contributed by atoms with Gasteiger partial charge in [0, 0.05) is 26.6 Å². The number of aromatic hydroxyl groups is 1. The molecule has 0 saturated carbocycles. The standard InChI is InChI=1S/C13H9BrCl3NO/c14-10-2-1-8(15)5-12(10)18-6-7-3-9(16)4-11(17)13(7)19/h1-5,18-19H,6H2. The van der Waals surface area contributed by atoms with Crippen LogP contribution >= 0.6 is 50.7 Å². The van der Waals surface area contributed by atoms with Crippen LogP contribution < -0.4 is 5.32 Å². The van der Waals surface area contributed by atoms with Crippen LogP contribution in [0.15, 0.2) is 34.8 Å². The molecular weight excluding hydrogens is 372 g/mol. The van der Waals surface area contributed by atoms with Crippen molar-refractivity contribution in [3.8, 4) is 5.75 Å². The number of halogens is 4. The molecule has 0 amide bonds. The average Bonchev–Trinajstić information content (AvgIpc) is 2.35. The Labute approximate surface area is 134 Å². The minimum Gasteiger partial charge on any atom is -0.506 e. The molecule has 0 unspecified atom stereocenters. The molecular formula is C13H9BrCl3NO. The fourth-order valence-electron chi connectivity index (χ4n) is 1.58. The Hall–Kier alpha value is -0.610. The highest BCUT2D eigenvalue weighted by Gasteiger charge is 2.08. The number of benzene rings is 2. The van der Waals surface area contributed by atoms with Gasteiger partial charge in [0.1, 0.15) is 5.75 Å². The number of rotatable bonds is 3. The van der Waals surface area contributed by atoms with Crippen LogP contribution in [0.2, 0.25) is 15.1 Å². The van der Waals surface area contributed by atoms with Crippen LogP contribution in [0.5, 0.6) is 5.75 Å². The van der Waals surface area contributed by atoms with E-state index in [1.165, 1.54) is 6.07 Å². The van der Waals surface area contributed by atoms with E-state index in [-0.39, 0.29) is 10.8 Å². The molecule has 100 valence electrons. The number of hydrogen-bond donors (Lipinski definition) is 2. The van der Waals surface area contributed by atoms with Crippen molar-refractivity contribution < 1.29 is 5.11 Å². The Balaban J connectivity index is 2.21. The molecule has 6 heteroatoms.